The second-order valence-electron chi connectivity index (χ2n) is 7.19. The second kappa shape index (κ2) is 8.67. The van der Waals surface area contributed by atoms with E-state index in [1.54, 1.807) is 4.90 Å². The summed E-state index contributed by atoms with van der Waals surface area (Å²) in [5.74, 6) is 1.06. The fourth-order valence-corrected chi connectivity index (χ4v) is 3.86. The molecule has 1 aliphatic heterocycles. The molecular weight excluding hydrogens is 292 g/mol. The van der Waals surface area contributed by atoms with Crippen LogP contribution in [0.4, 0.5) is 0 Å². The monoisotopic (exact) mass is 324 g/mol. The van der Waals surface area contributed by atoms with Gasteiger partial charge in [-0.25, -0.2) is 0 Å². The molecule has 1 heterocycles. The maximum absolute atomic E-state index is 12.7. The van der Waals surface area contributed by atoms with E-state index in [2.05, 4.69) is 6.92 Å². The molecule has 2 fully saturated rings. The van der Waals surface area contributed by atoms with Gasteiger partial charge in [-0.3, -0.25) is 9.59 Å². The van der Waals surface area contributed by atoms with Crippen LogP contribution in [0, 0.1) is 11.8 Å². The minimum atomic E-state index is -0.948. The highest BCUT2D eigenvalue weighted by Gasteiger charge is 2.32. The molecule has 0 spiro atoms. The largest absolute Gasteiger partial charge is 0.384 e. The number of piperazine rings is 1. The second-order valence-corrected chi connectivity index (χ2v) is 7.19. The summed E-state index contributed by atoms with van der Waals surface area (Å²) in [5.41, 5.74) is 0. The summed E-state index contributed by atoms with van der Waals surface area (Å²) in [6.07, 6.45) is 7.37. The highest BCUT2D eigenvalue weighted by atomic mass is 16.3. The van der Waals surface area contributed by atoms with Crippen molar-refractivity contribution >= 4 is 11.8 Å². The van der Waals surface area contributed by atoms with E-state index in [-0.39, 0.29) is 17.7 Å². The predicted molar refractivity (Wildman–Crippen MR) is 89.8 cm³/mol. The number of carbonyl (C=O) groups is 2. The Labute approximate surface area is 140 Å². The van der Waals surface area contributed by atoms with Crippen LogP contribution in [0.3, 0.4) is 0 Å². The van der Waals surface area contributed by atoms with E-state index in [1.807, 2.05) is 4.90 Å². The molecule has 2 amide bonds. The number of carbonyl (C=O) groups excluding carboxylic acids is 2. The minimum Gasteiger partial charge on any atom is -0.384 e. The summed E-state index contributed by atoms with van der Waals surface area (Å²) in [4.78, 5) is 28.0. The fraction of sp³-hybridized carbons (Fsp3) is 0.889. The van der Waals surface area contributed by atoms with Gasteiger partial charge in [0.25, 0.3) is 5.91 Å². The highest BCUT2D eigenvalue weighted by molar-refractivity contribution is 5.81. The molecular formula is C18H32N2O3. The highest BCUT2D eigenvalue weighted by Crippen LogP contribution is 2.33. The van der Waals surface area contributed by atoms with Crippen molar-refractivity contribution < 1.29 is 14.7 Å². The quantitative estimate of drug-likeness (QED) is 0.842. The summed E-state index contributed by atoms with van der Waals surface area (Å²) in [6.45, 7) is 6.02. The van der Waals surface area contributed by atoms with Crippen molar-refractivity contribution in [3.8, 4) is 0 Å². The van der Waals surface area contributed by atoms with Crippen LogP contribution in [0.15, 0.2) is 0 Å². The van der Waals surface area contributed by atoms with E-state index < -0.39 is 6.10 Å². The van der Waals surface area contributed by atoms with E-state index in [4.69, 9.17) is 0 Å². The third-order valence-electron chi connectivity index (χ3n) is 5.42. The van der Waals surface area contributed by atoms with E-state index in [0.29, 0.717) is 26.2 Å². The Balaban J connectivity index is 1.74. The van der Waals surface area contributed by atoms with Crippen LogP contribution in [-0.2, 0) is 9.59 Å². The molecule has 0 bridgehead atoms. The van der Waals surface area contributed by atoms with Crippen molar-refractivity contribution in [2.45, 2.75) is 64.9 Å². The number of rotatable bonds is 5. The van der Waals surface area contributed by atoms with Crippen LogP contribution in [0.1, 0.15) is 58.8 Å². The average Bonchev–Trinajstić information content (AvgIpc) is 2.59. The summed E-state index contributed by atoms with van der Waals surface area (Å²) >= 11 is 0. The summed E-state index contributed by atoms with van der Waals surface area (Å²) in [7, 11) is 0. The van der Waals surface area contributed by atoms with Crippen LogP contribution in [0.5, 0.6) is 0 Å². The van der Waals surface area contributed by atoms with Gasteiger partial charge in [-0.05, 0) is 38.5 Å². The molecule has 0 radical (unpaired) electrons. The van der Waals surface area contributed by atoms with Crippen molar-refractivity contribution in [1.29, 1.82) is 0 Å². The van der Waals surface area contributed by atoms with Gasteiger partial charge >= 0.3 is 0 Å². The van der Waals surface area contributed by atoms with Gasteiger partial charge in [-0.15, -0.1) is 0 Å². The Morgan fingerprint density at radius 2 is 1.61 bits per heavy atom. The summed E-state index contributed by atoms with van der Waals surface area (Å²) in [6, 6.07) is 0. The molecule has 1 saturated heterocycles. The number of hydrogen-bond acceptors (Lipinski definition) is 3. The average molecular weight is 324 g/mol. The van der Waals surface area contributed by atoms with Gasteiger partial charge < -0.3 is 14.9 Å². The van der Waals surface area contributed by atoms with Gasteiger partial charge in [0.15, 0.2) is 0 Å². The van der Waals surface area contributed by atoms with Crippen LogP contribution < -0.4 is 0 Å². The molecule has 5 nitrogen and oxygen atoms in total. The van der Waals surface area contributed by atoms with E-state index >= 15 is 0 Å². The summed E-state index contributed by atoms with van der Waals surface area (Å²) < 4.78 is 0. The molecule has 132 valence electrons. The van der Waals surface area contributed by atoms with Gasteiger partial charge in [-0.2, -0.15) is 0 Å². The van der Waals surface area contributed by atoms with Crippen LogP contribution in [-0.4, -0.2) is 59.0 Å². The Morgan fingerprint density at radius 1 is 1.04 bits per heavy atom. The third kappa shape index (κ3) is 4.93. The van der Waals surface area contributed by atoms with Crippen LogP contribution in [0.2, 0.25) is 0 Å². The topological polar surface area (TPSA) is 60.9 Å². The lowest BCUT2D eigenvalue weighted by atomic mass is 9.79. The van der Waals surface area contributed by atoms with E-state index in [0.717, 1.165) is 18.8 Å². The molecule has 1 atom stereocenters. The number of hydrogen-bond donors (Lipinski definition) is 1. The lowest BCUT2D eigenvalue weighted by Gasteiger charge is -2.38. The van der Waals surface area contributed by atoms with E-state index in [1.165, 1.54) is 39.0 Å². The first-order valence-electron chi connectivity index (χ1n) is 9.28. The molecule has 1 unspecified atom stereocenters. The maximum Gasteiger partial charge on any atom is 0.251 e. The van der Waals surface area contributed by atoms with Gasteiger partial charge in [0, 0.05) is 32.1 Å². The lowest BCUT2D eigenvalue weighted by molar-refractivity contribution is -0.146. The van der Waals surface area contributed by atoms with E-state index in [9.17, 15) is 14.7 Å². The molecule has 0 aromatic carbocycles. The molecule has 2 aliphatic rings. The Kier molecular flexibility index (Phi) is 6.88. The van der Waals surface area contributed by atoms with Crippen molar-refractivity contribution in [2.24, 2.45) is 11.8 Å². The zero-order valence-corrected chi connectivity index (χ0v) is 14.7. The number of unbranched alkanes of at least 4 members (excludes halogenated alkanes) is 1. The number of amides is 2. The van der Waals surface area contributed by atoms with Crippen molar-refractivity contribution in [1.82, 2.24) is 9.80 Å². The molecule has 0 aromatic rings. The normalized spacial score (nSPS) is 26.9. The Bertz CT molecular complexity index is 395. The summed E-state index contributed by atoms with van der Waals surface area (Å²) in [5, 5.41) is 9.37. The number of nitrogens with zero attached hydrogens (tertiary/aromatic N) is 2. The van der Waals surface area contributed by atoms with Gasteiger partial charge in [-0.1, -0.05) is 26.2 Å². The SMILES string of the molecule is CCCCC1CCC(C(=O)N2CCN(C(=O)C(C)O)CC2)CC1. The van der Waals surface area contributed by atoms with Crippen molar-refractivity contribution in [3.05, 3.63) is 0 Å². The molecule has 2 rings (SSSR count). The first-order chi connectivity index (χ1) is 11.0. The smallest absolute Gasteiger partial charge is 0.251 e. The maximum atomic E-state index is 12.7. The standard InChI is InChI=1S/C18H32N2O3/c1-3-4-5-15-6-8-16(9-7-15)18(23)20-12-10-19(11-13-20)17(22)14(2)21/h14-16,21H,3-13H2,1-2H3. The molecule has 5 heteroatoms. The molecule has 0 aromatic heterocycles. The zero-order valence-electron chi connectivity index (χ0n) is 14.7. The Morgan fingerprint density at radius 3 is 2.13 bits per heavy atom. The fourth-order valence-electron chi connectivity index (χ4n) is 3.86. The number of aliphatic hydroxyl groups is 1. The molecule has 23 heavy (non-hydrogen) atoms. The van der Waals surface area contributed by atoms with Crippen LogP contribution >= 0.6 is 0 Å². The van der Waals surface area contributed by atoms with Gasteiger partial charge in [0.2, 0.25) is 5.91 Å². The van der Waals surface area contributed by atoms with Gasteiger partial charge in [0.1, 0.15) is 6.10 Å². The first-order valence-corrected chi connectivity index (χ1v) is 9.28. The zero-order chi connectivity index (χ0) is 16.8. The van der Waals surface area contributed by atoms with Crippen molar-refractivity contribution in [2.75, 3.05) is 26.2 Å². The first kappa shape index (κ1) is 18.2. The predicted octanol–water partition coefficient (Wildman–Crippen LogP) is 2.03. The number of aliphatic hydroxyl groups excluding tert-OH is 1. The minimum absolute atomic E-state index is 0.187. The molecule has 1 N–H and O–H groups in total. The molecule has 1 saturated carbocycles. The Hall–Kier alpha value is -1.10. The third-order valence-corrected chi connectivity index (χ3v) is 5.42. The molecule has 1 aliphatic carbocycles. The lowest BCUT2D eigenvalue weighted by Crippen LogP contribution is -2.53. The van der Waals surface area contributed by atoms with Crippen molar-refractivity contribution in [3.63, 3.8) is 0 Å². The van der Waals surface area contributed by atoms with Gasteiger partial charge in [0.05, 0.1) is 0 Å². The van der Waals surface area contributed by atoms with Crippen LogP contribution in [0.25, 0.3) is 0 Å².